The number of carbonyl (C=O) groups is 3. The average Bonchev–Trinajstić information content (AvgIpc) is 2.98. The highest BCUT2D eigenvalue weighted by Crippen LogP contribution is 2.19. The number of nitrogens with one attached hydrogen (secondary N) is 1. The molecule has 0 radical (unpaired) electrons. The number of alkyl halides is 3. The number of hydrogen-bond acceptors (Lipinski definition) is 5. The van der Waals surface area contributed by atoms with Crippen LogP contribution in [0.1, 0.15) is 10.5 Å². The van der Waals surface area contributed by atoms with E-state index in [1.807, 2.05) is 0 Å². The third-order valence-electron chi connectivity index (χ3n) is 2.78. The molecule has 6 N–H and O–H groups in total. The van der Waals surface area contributed by atoms with Gasteiger partial charge in [-0.25, -0.2) is 14.3 Å². The molecular weight excluding hydrogens is 375 g/mol. The molecule has 13 heteroatoms. The molecule has 0 atom stereocenters. The Kier molecular flexibility index (Phi) is 6.74. The van der Waals surface area contributed by atoms with Crippen molar-refractivity contribution in [3.8, 4) is 11.4 Å². The monoisotopic (exact) mass is 389 g/mol. The van der Waals surface area contributed by atoms with Crippen LogP contribution in [0.3, 0.4) is 0 Å². The number of ether oxygens (including phenoxy) is 1. The van der Waals surface area contributed by atoms with Gasteiger partial charge in [0.1, 0.15) is 5.75 Å². The van der Waals surface area contributed by atoms with Gasteiger partial charge in [-0.1, -0.05) is 0 Å². The van der Waals surface area contributed by atoms with Gasteiger partial charge in [-0.2, -0.15) is 18.3 Å². The summed E-state index contributed by atoms with van der Waals surface area (Å²) in [6, 6.07) is 6.15. The van der Waals surface area contributed by atoms with Crippen molar-refractivity contribution in [3.63, 3.8) is 0 Å². The third kappa shape index (κ3) is 6.22. The van der Waals surface area contributed by atoms with E-state index in [0.29, 0.717) is 11.4 Å². The molecule has 0 saturated heterocycles. The number of amides is 3. The van der Waals surface area contributed by atoms with Gasteiger partial charge >= 0.3 is 18.2 Å². The number of benzene rings is 1. The lowest BCUT2D eigenvalue weighted by Gasteiger charge is -2.02. The number of anilines is 1. The summed E-state index contributed by atoms with van der Waals surface area (Å²) in [5, 5.41) is 13.4. The van der Waals surface area contributed by atoms with Crippen molar-refractivity contribution in [1.82, 2.24) is 9.78 Å². The number of rotatable bonds is 4. The Bertz CT molecular complexity index is 833. The van der Waals surface area contributed by atoms with E-state index >= 15 is 0 Å². The molecule has 1 heterocycles. The predicted molar refractivity (Wildman–Crippen MR) is 85.5 cm³/mol. The summed E-state index contributed by atoms with van der Waals surface area (Å²) < 4.78 is 38.2. The second-order valence-corrected chi connectivity index (χ2v) is 4.69. The van der Waals surface area contributed by atoms with Crippen LogP contribution in [-0.4, -0.2) is 46.1 Å². The Morgan fingerprint density at radius 1 is 1.19 bits per heavy atom. The Morgan fingerprint density at radius 2 is 1.70 bits per heavy atom. The number of aromatic nitrogens is 2. The number of carboxylic acid groups (broad SMARTS) is 1. The van der Waals surface area contributed by atoms with Crippen LogP contribution < -0.4 is 21.5 Å². The molecule has 0 unspecified atom stereocenters. The summed E-state index contributed by atoms with van der Waals surface area (Å²) in [6.07, 6.45) is -3.63. The molecule has 0 fully saturated rings. The fraction of sp³-hybridized carbons (Fsp3) is 0.143. The van der Waals surface area contributed by atoms with E-state index in [4.69, 9.17) is 26.1 Å². The van der Waals surface area contributed by atoms with Crippen molar-refractivity contribution in [1.29, 1.82) is 0 Å². The van der Waals surface area contributed by atoms with Crippen molar-refractivity contribution in [3.05, 3.63) is 36.2 Å². The molecule has 2 aromatic rings. The topological polar surface area (TPSA) is 163 Å². The van der Waals surface area contributed by atoms with Crippen molar-refractivity contribution in [2.45, 2.75) is 6.18 Å². The molecule has 0 spiro atoms. The second kappa shape index (κ2) is 8.55. The number of halogens is 3. The first-order valence-corrected chi connectivity index (χ1v) is 6.86. The van der Waals surface area contributed by atoms with E-state index in [1.54, 1.807) is 31.4 Å². The fourth-order valence-corrected chi connectivity index (χ4v) is 1.65. The van der Waals surface area contributed by atoms with Crippen molar-refractivity contribution in [2.75, 3.05) is 12.4 Å². The number of nitrogens with two attached hydrogens (primary N) is 2. The van der Waals surface area contributed by atoms with E-state index in [1.165, 1.54) is 10.9 Å². The SMILES string of the molecule is COc1ccc(-n2cc(NC(N)=O)c(C(N)=O)n2)cc1.O=C(O)C(F)(F)F. The quantitative estimate of drug-likeness (QED) is 0.612. The van der Waals surface area contributed by atoms with Gasteiger partial charge in [0.25, 0.3) is 5.91 Å². The maximum atomic E-state index is 11.3. The number of primary amides is 2. The smallest absolute Gasteiger partial charge is 0.490 e. The fourth-order valence-electron chi connectivity index (χ4n) is 1.65. The van der Waals surface area contributed by atoms with Gasteiger partial charge < -0.3 is 26.6 Å². The number of hydrogen-bond donors (Lipinski definition) is 4. The maximum Gasteiger partial charge on any atom is 0.490 e. The van der Waals surface area contributed by atoms with Gasteiger partial charge in [0.15, 0.2) is 5.69 Å². The lowest BCUT2D eigenvalue weighted by Crippen LogP contribution is -2.22. The zero-order valence-corrected chi connectivity index (χ0v) is 13.6. The van der Waals surface area contributed by atoms with Gasteiger partial charge in [0.05, 0.1) is 24.7 Å². The van der Waals surface area contributed by atoms with Crippen LogP contribution in [0.5, 0.6) is 5.75 Å². The first-order chi connectivity index (χ1) is 12.5. The molecule has 146 valence electrons. The number of carboxylic acids is 1. The van der Waals surface area contributed by atoms with Crippen molar-refractivity contribution < 1.29 is 37.4 Å². The second-order valence-electron chi connectivity index (χ2n) is 4.69. The standard InChI is InChI=1S/C12H13N5O3.C2HF3O2/c1-20-8-4-2-7(3-5-8)17-6-9(15-12(14)19)10(16-17)11(13)18;3-2(4,5)1(6)7/h2-6H,1H3,(H2,13,18)(H3,14,15,19);(H,6,7). The molecule has 3 amide bonds. The number of urea groups is 1. The molecule has 1 aromatic heterocycles. The molecule has 0 aliphatic rings. The van der Waals surface area contributed by atoms with E-state index < -0.39 is 24.1 Å². The normalized spacial score (nSPS) is 10.4. The van der Waals surface area contributed by atoms with Crippen LogP contribution >= 0.6 is 0 Å². The minimum absolute atomic E-state index is 0.0698. The lowest BCUT2D eigenvalue weighted by atomic mass is 10.3. The van der Waals surface area contributed by atoms with Gasteiger partial charge in [-0.05, 0) is 24.3 Å². The minimum atomic E-state index is -5.08. The van der Waals surface area contributed by atoms with Crippen molar-refractivity contribution in [2.24, 2.45) is 11.5 Å². The van der Waals surface area contributed by atoms with Gasteiger partial charge in [-0.3, -0.25) is 4.79 Å². The first-order valence-electron chi connectivity index (χ1n) is 6.86. The number of methoxy groups -OCH3 is 1. The molecule has 0 aliphatic heterocycles. The van der Waals surface area contributed by atoms with E-state index in [2.05, 4.69) is 10.4 Å². The Labute approximate surface area is 149 Å². The summed E-state index contributed by atoms with van der Waals surface area (Å²) in [5.41, 5.74) is 11.0. The van der Waals surface area contributed by atoms with Crippen LogP contribution in [0.25, 0.3) is 5.69 Å². The molecular formula is C14H14F3N5O5. The number of nitrogens with zero attached hydrogens (tertiary/aromatic N) is 2. The van der Waals surface area contributed by atoms with E-state index in [-0.39, 0.29) is 11.4 Å². The van der Waals surface area contributed by atoms with Crippen LogP contribution in [0.15, 0.2) is 30.5 Å². The molecule has 2 rings (SSSR count). The van der Waals surface area contributed by atoms with Crippen LogP contribution in [-0.2, 0) is 4.79 Å². The van der Waals surface area contributed by atoms with Crippen LogP contribution in [0.4, 0.5) is 23.7 Å². The average molecular weight is 389 g/mol. The van der Waals surface area contributed by atoms with E-state index in [0.717, 1.165) is 0 Å². The summed E-state index contributed by atoms with van der Waals surface area (Å²) in [5.74, 6) is -2.83. The first kappa shape index (κ1) is 21.3. The summed E-state index contributed by atoms with van der Waals surface area (Å²) in [6.45, 7) is 0. The van der Waals surface area contributed by atoms with Gasteiger partial charge in [-0.15, -0.1) is 0 Å². The lowest BCUT2D eigenvalue weighted by molar-refractivity contribution is -0.192. The predicted octanol–water partition coefficient (Wildman–Crippen LogP) is 1.10. The zero-order chi connectivity index (χ0) is 20.8. The summed E-state index contributed by atoms with van der Waals surface area (Å²) in [7, 11) is 1.56. The van der Waals surface area contributed by atoms with E-state index in [9.17, 15) is 22.8 Å². The minimum Gasteiger partial charge on any atom is -0.497 e. The number of aliphatic carboxylic acids is 1. The zero-order valence-electron chi connectivity index (χ0n) is 13.6. The largest absolute Gasteiger partial charge is 0.497 e. The molecule has 0 aliphatic carbocycles. The highest BCUT2D eigenvalue weighted by molar-refractivity contribution is 6.00. The molecule has 10 nitrogen and oxygen atoms in total. The molecule has 27 heavy (non-hydrogen) atoms. The molecule has 0 saturated carbocycles. The Hall–Kier alpha value is -3.77. The Morgan fingerprint density at radius 3 is 2.07 bits per heavy atom. The maximum absolute atomic E-state index is 11.3. The molecule has 1 aromatic carbocycles. The highest BCUT2D eigenvalue weighted by Gasteiger charge is 2.38. The van der Waals surface area contributed by atoms with Crippen molar-refractivity contribution >= 4 is 23.6 Å². The summed E-state index contributed by atoms with van der Waals surface area (Å²) >= 11 is 0. The van der Waals surface area contributed by atoms with Gasteiger partial charge in [0.2, 0.25) is 0 Å². The van der Waals surface area contributed by atoms with Gasteiger partial charge in [0, 0.05) is 0 Å². The third-order valence-corrected chi connectivity index (χ3v) is 2.78. The highest BCUT2D eigenvalue weighted by atomic mass is 19.4. The van der Waals surface area contributed by atoms with Crippen LogP contribution in [0, 0.1) is 0 Å². The van der Waals surface area contributed by atoms with Crippen LogP contribution in [0.2, 0.25) is 0 Å². The summed E-state index contributed by atoms with van der Waals surface area (Å²) in [4.78, 5) is 31.1. The number of carbonyl (C=O) groups excluding carboxylic acids is 2. The molecule has 0 bridgehead atoms. The Balaban J connectivity index is 0.000000445.